The number of rotatable bonds is 7. The summed E-state index contributed by atoms with van der Waals surface area (Å²) in [6, 6.07) is 8.21. The first-order chi connectivity index (χ1) is 12.0. The van der Waals surface area contributed by atoms with Gasteiger partial charge in [-0.15, -0.1) is 0 Å². The van der Waals surface area contributed by atoms with Gasteiger partial charge in [-0.05, 0) is 37.2 Å². The van der Waals surface area contributed by atoms with Crippen LogP contribution in [0.2, 0.25) is 0 Å². The van der Waals surface area contributed by atoms with Crippen LogP contribution in [0.15, 0.2) is 24.3 Å². The molecule has 8 nitrogen and oxygen atoms in total. The van der Waals surface area contributed by atoms with Gasteiger partial charge >= 0.3 is 11.9 Å². The SMILES string of the molecule is COc1cccc(CNCCCN2CCOCC2)c1.O=C(O)C(=O)O. The summed E-state index contributed by atoms with van der Waals surface area (Å²) < 4.78 is 10.6. The molecule has 0 amide bonds. The first kappa shape index (κ1) is 20.9. The highest BCUT2D eigenvalue weighted by Gasteiger charge is 2.08. The molecule has 25 heavy (non-hydrogen) atoms. The second-order valence-electron chi connectivity index (χ2n) is 5.45. The molecule has 0 spiro atoms. The van der Waals surface area contributed by atoms with Gasteiger partial charge in [0, 0.05) is 19.6 Å². The summed E-state index contributed by atoms with van der Waals surface area (Å²) in [4.78, 5) is 20.7. The van der Waals surface area contributed by atoms with Gasteiger partial charge in [-0.3, -0.25) is 4.90 Å². The third-order valence-electron chi connectivity index (χ3n) is 3.58. The normalized spacial score (nSPS) is 14.3. The van der Waals surface area contributed by atoms with E-state index in [1.807, 2.05) is 12.1 Å². The zero-order chi connectivity index (χ0) is 18.5. The molecule has 1 fully saturated rings. The predicted molar refractivity (Wildman–Crippen MR) is 91.8 cm³/mol. The Labute approximate surface area is 147 Å². The molecular weight excluding hydrogens is 328 g/mol. The van der Waals surface area contributed by atoms with Gasteiger partial charge in [0.2, 0.25) is 0 Å². The number of carboxylic acids is 2. The quantitative estimate of drug-likeness (QED) is 0.484. The molecule has 8 heteroatoms. The Hall–Kier alpha value is -2.16. The number of hydrogen-bond acceptors (Lipinski definition) is 6. The highest BCUT2D eigenvalue weighted by atomic mass is 16.5. The molecule has 0 bridgehead atoms. The maximum atomic E-state index is 9.10. The van der Waals surface area contributed by atoms with Crippen molar-refractivity contribution in [3.8, 4) is 5.75 Å². The van der Waals surface area contributed by atoms with Crippen molar-refractivity contribution in [1.82, 2.24) is 10.2 Å². The first-order valence-electron chi connectivity index (χ1n) is 8.13. The molecule has 0 unspecified atom stereocenters. The van der Waals surface area contributed by atoms with Crippen molar-refractivity contribution in [2.45, 2.75) is 13.0 Å². The third-order valence-corrected chi connectivity index (χ3v) is 3.58. The van der Waals surface area contributed by atoms with Crippen molar-refractivity contribution in [3.63, 3.8) is 0 Å². The Kier molecular flexibility index (Phi) is 10.2. The van der Waals surface area contributed by atoms with Gasteiger partial charge in [-0.25, -0.2) is 9.59 Å². The van der Waals surface area contributed by atoms with Gasteiger partial charge in [0.15, 0.2) is 0 Å². The zero-order valence-corrected chi connectivity index (χ0v) is 14.4. The number of carbonyl (C=O) groups is 2. The summed E-state index contributed by atoms with van der Waals surface area (Å²) in [7, 11) is 1.70. The number of carboxylic acid groups (broad SMARTS) is 2. The van der Waals surface area contributed by atoms with Crippen LogP contribution in [-0.2, 0) is 20.9 Å². The van der Waals surface area contributed by atoms with Gasteiger partial charge in [-0.1, -0.05) is 12.1 Å². The predicted octanol–water partition coefficient (Wildman–Crippen LogP) is 0.663. The van der Waals surface area contributed by atoms with Crippen LogP contribution in [-0.4, -0.2) is 73.6 Å². The monoisotopic (exact) mass is 354 g/mol. The Balaban J connectivity index is 0.000000450. The maximum Gasteiger partial charge on any atom is 0.414 e. The van der Waals surface area contributed by atoms with Gasteiger partial charge in [0.25, 0.3) is 0 Å². The van der Waals surface area contributed by atoms with E-state index in [2.05, 4.69) is 22.3 Å². The number of hydrogen-bond donors (Lipinski definition) is 3. The van der Waals surface area contributed by atoms with Crippen molar-refractivity contribution in [1.29, 1.82) is 0 Å². The lowest BCUT2D eigenvalue weighted by atomic mass is 10.2. The number of ether oxygens (including phenoxy) is 2. The third kappa shape index (κ3) is 9.65. The molecule has 0 saturated carbocycles. The van der Waals surface area contributed by atoms with Crippen LogP contribution in [0.4, 0.5) is 0 Å². The van der Waals surface area contributed by atoms with E-state index in [9.17, 15) is 0 Å². The Bertz CT molecular complexity index is 520. The summed E-state index contributed by atoms with van der Waals surface area (Å²) in [6.45, 7) is 7.05. The molecule has 2 rings (SSSR count). The van der Waals surface area contributed by atoms with E-state index in [-0.39, 0.29) is 0 Å². The molecule has 1 aliphatic heterocycles. The van der Waals surface area contributed by atoms with Crippen LogP contribution in [0.3, 0.4) is 0 Å². The second kappa shape index (κ2) is 12.2. The number of benzene rings is 1. The fourth-order valence-corrected chi connectivity index (χ4v) is 2.27. The van der Waals surface area contributed by atoms with Gasteiger partial charge < -0.3 is 25.0 Å². The smallest absolute Gasteiger partial charge is 0.414 e. The van der Waals surface area contributed by atoms with Crippen LogP contribution in [0.5, 0.6) is 5.75 Å². The molecule has 0 aliphatic carbocycles. The van der Waals surface area contributed by atoms with Crippen molar-refractivity contribution in [3.05, 3.63) is 29.8 Å². The molecule has 0 aromatic heterocycles. The number of nitrogens with one attached hydrogen (secondary N) is 1. The van der Waals surface area contributed by atoms with Crippen molar-refractivity contribution in [2.75, 3.05) is 46.5 Å². The van der Waals surface area contributed by atoms with Crippen LogP contribution >= 0.6 is 0 Å². The minimum absolute atomic E-state index is 0.886. The fraction of sp³-hybridized carbons (Fsp3) is 0.529. The molecule has 1 heterocycles. The average molecular weight is 354 g/mol. The first-order valence-corrected chi connectivity index (χ1v) is 8.13. The van der Waals surface area contributed by atoms with E-state index in [0.29, 0.717) is 0 Å². The number of nitrogens with zero attached hydrogens (tertiary/aromatic N) is 1. The van der Waals surface area contributed by atoms with Gasteiger partial charge in [0.1, 0.15) is 5.75 Å². The average Bonchev–Trinajstić information content (AvgIpc) is 2.63. The lowest BCUT2D eigenvalue weighted by molar-refractivity contribution is -0.159. The molecule has 1 aromatic carbocycles. The number of aliphatic carboxylic acids is 2. The number of morpholine rings is 1. The largest absolute Gasteiger partial charge is 0.497 e. The van der Waals surface area contributed by atoms with E-state index in [0.717, 1.165) is 51.7 Å². The van der Waals surface area contributed by atoms with Crippen LogP contribution in [0.25, 0.3) is 0 Å². The summed E-state index contributed by atoms with van der Waals surface area (Å²) in [5, 5.41) is 18.3. The van der Waals surface area contributed by atoms with E-state index >= 15 is 0 Å². The lowest BCUT2D eigenvalue weighted by Crippen LogP contribution is -2.37. The molecule has 140 valence electrons. The van der Waals surface area contributed by atoms with Gasteiger partial charge in [-0.2, -0.15) is 0 Å². The highest BCUT2D eigenvalue weighted by molar-refractivity contribution is 6.27. The van der Waals surface area contributed by atoms with Crippen LogP contribution in [0, 0.1) is 0 Å². The summed E-state index contributed by atoms with van der Waals surface area (Å²) in [5.74, 6) is -2.72. The van der Waals surface area contributed by atoms with Gasteiger partial charge in [0.05, 0.1) is 20.3 Å². The van der Waals surface area contributed by atoms with Crippen molar-refractivity contribution < 1.29 is 29.3 Å². The number of methoxy groups -OCH3 is 1. The second-order valence-corrected chi connectivity index (χ2v) is 5.45. The van der Waals surface area contributed by atoms with E-state index in [1.54, 1.807) is 7.11 Å². The lowest BCUT2D eigenvalue weighted by Gasteiger charge is -2.26. The molecular formula is C17H26N2O6. The minimum Gasteiger partial charge on any atom is -0.497 e. The van der Waals surface area contributed by atoms with Crippen molar-refractivity contribution in [2.24, 2.45) is 0 Å². The molecule has 3 N–H and O–H groups in total. The minimum atomic E-state index is -1.82. The Morgan fingerprint density at radius 1 is 1.24 bits per heavy atom. The standard InChI is InChI=1S/C15H24N2O2.C2H2O4/c1-18-15-5-2-4-14(12-15)13-16-6-3-7-17-8-10-19-11-9-17;3-1(4)2(5)6/h2,4-5,12,16H,3,6-11,13H2,1H3;(H,3,4)(H,5,6). The molecule has 1 saturated heterocycles. The maximum absolute atomic E-state index is 9.10. The van der Waals surface area contributed by atoms with Crippen molar-refractivity contribution >= 4 is 11.9 Å². The Morgan fingerprint density at radius 2 is 1.92 bits per heavy atom. The van der Waals surface area contributed by atoms with E-state index < -0.39 is 11.9 Å². The summed E-state index contributed by atoms with van der Waals surface area (Å²) >= 11 is 0. The van der Waals surface area contributed by atoms with E-state index in [4.69, 9.17) is 29.3 Å². The zero-order valence-electron chi connectivity index (χ0n) is 14.4. The molecule has 0 radical (unpaired) electrons. The van der Waals surface area contributed by atoms with Crippen LogP contribution < -0.4 is 10.1 Å². The molecule has 0 atom stereocenters. The Morgan fingerprint density at radius 3 is 2.52 bits per heavy atom. The highest BCUT2D eigenvalue weighted by Crippen LogP contribution is 2.12. The molecule has 1 aromatic rings. The summed E-state index contributed by atoms with van der Waals surface area (Å²) in [6.07, 6.45) is 1.18. The fourth-order valence-electron chi connectivity index (χ4n) is 2.27. The van der Waals surface area contributed by atoms with E-state index in [1.165, 1.54) is 12.0 Å². The summed E-state index contributed by atoms with van der Waals surface area (Å²) in [5.41, 5.74) is 1.27. The van der Waals surface area contributed by atoms with Crippen LogP contribution in [0.1, 0.15) is 12.0 Å². The topological polar surface area (TPSA) is 108 Å². The molecule has 1 aliphatic rings.